The second-order valence-electron chi connectivity index (χ2n) is 19.1. The minimum atomic E-state index is -0.998. The number of anilines is 1. The second-order valence-corrected chi connectivity index (χ2v) is 19.1. The third kappa shape index (κ3) is 8.28. The summed E-state index contributed by atoms with van der Waals surface area (Å²) in [5.41, 5.74) is 0.399. The van der Waals surface area contributed by atoms with Crippen molar-refractivity contribution in [3.63, 3.8) is 0 Å². The Hall–Kier alpha value is -4.51. The summed E-state index contributed by atoms with van der Waals surface area (Å²) in [7, 11) is 1.93. The fourth-order valence-electron chi connectivity index (χ4n) is 11.2. The summed E-state index contributed by atoms with van der Waals surface area (Å²) < 4.78 is 50.2. The average molecular weight is 841 g/mol. The van der Waals surface area contributed by atoms with Crippen LogP contribution in [-0.2, 0) is 16.0 Å². The first-order valence-electron chi connectivity index (χ1n) is 22.2. The second kappa shape index (κ2) is 17.3. The number of ether oxygens (including phenoxy) is 3. The number of aromatic nitrogens is 2. The number of carbonyl (C=O) groups excluding carboxylic acids is 1. The lowest BCUT2D eigenvalue weighted by Crippen LogP contribution is -2.61. The van der Waals surface area contributed by atoms with Crippen molar-refractivity contribution in [3.05, 3.63) is 59.6 Å². The molecule has 3 saturated heterocycles. The maximum Gasteiger partial charge on any atom is 0.318 e. The number of rotatable bonds is 10. The maximum absolute atomic E-state index is 16.0. The molecule has 8 rings (SSSR count). The van der Waals surface area contributed by atoms with E-state index in [9.17, 15) is 9.90 Å². The van der Waals surface area contributed by atoms with E-state index >= 15 is 8.78 Å². The minimum absolute atomic E-state index is 0.0362. The van der Waals surface area contributed by atoms with E-state index in [2.05, 4.69) is 50.0 Å². The summed E-state index contributed by atoms with van der Waals surface area (Å²) in [6.45, 7) is 16.9. The largest absolute Gasteiger partial charge is 0.508 e. The molecule has 1 amide bonds. The smallest absolute Gasteiger partial charge is 0.318 e. The number of amides is 1. The van der Waals surface area contributed by atoms with Crippen molar-refractivity contribution in [2.45, 2.75) is 121 Å². The summed E-state index contributed by atoms with van der Waals surface area (Å²) in [6, 6.07) is 7.36. The molecule has 11 nitrogen and oxygen atoms in total. The van der Waals surface area contributed by atoms with Crippen molar-refractivity contribution < 1.29 is 32.9 Å². The zero-order valence-electron chi connectivity index (χ0n) is 36.5. The number of aromatic hydroxyl groups is 1. The summed E-state index contributed by atoms with van der Waals surface area (Å²) in [5, 5.41) is 12.0. The molecule has 0 radical (unpaired) electrons. The quantitative estimate of drug-likeness (QED) is 0.169. The fourth-order valence-corrected chi connectivity index (χ4v) is 11.2. The summed E-state index contributed by atoms with van der Waals surface area (Å²) in [4.78, 5) is 31.7. The first-order chi connectivity index (χ1) is 29.2. The number of nitrogens with zero attached hydrogens (tertiary/aromatic N) is 6. The lowest BCUT2D eigenvalue weighted by Gasteiger charge is -2.52. The zero-order valence-corrected chi connectivity index (χ0v) is 36.5. The molecule has 61 heavy (non-hydrogen) atoms. The van der Waals surface area contributed by atoms with Crippen LogP contribution in [0.15, 0.2) is 36.9 Å². The normalized spacial score (nSPS) is 28.6. The molecule has 2 aromatic carbocycles. The highest BCUT2D eigenvalue weighted by Gasteiger charge is 2.56. The van der Waals surface area contributed by atoms with Gasteiger partial charge in [0.05, 0.1) is 36.6 Å². The van der Waals surface area contributed by atoms with Gasteiger partial charge in [-0.15, -0.1) is 6.42 Å². The number of phenols is 1. The van der Waals surface area contributed by atoms with Gasteiger partial charge in [0.1, 0.15) is 24.3 Å². The number of benzene rings is 2. The van der Waals surface area contributed by atoms with Crippen LogP contribution in [-0.4, -0.2) is 131 Å². The topological polar surface area (TPSA) is 104 Å². The van der Waals surface area contributed by atoms with Crippen molar-refractivity contribution in [3.8, 4) is 29.9 Å². The molecule has 1 aliphatic carbocycles. The Morgan fingerprint density at radius 3 is 2.64 bits per heavy atom. The predicted molar refractivity (Wildman–Crippen MR) is 233 cm³/mol. The van der Waals surface area contributed by atoms with E-state index < -0.39 is 17.5 Å². The van der Waals surface area contributed by atoms with E-state index in [0.717, 1.165) is 58.3 Å². The highest BCUT2D eigenvalue weighted by Crippen LogP contribution is 2.49. The van der Waals surface area contributed by atoms with E-state index in [-0.39, 0.29) is 59.9 Å². The van der Waals surface area contributed by atoms with Gasteiger partial charge in [-0.1, -0.05) is 39.3 Å². The standard InChI is InChI=1S/C48H62F2N6O5/c1-8-38-40(50)17-12-31-21-37(57)23-39(43(31)38)32-22-41-44(60-28-32)45(53(7)26-36-11-10-18-55(36)42(58)9-2)52-46(51-41)61-29-48(47(4,5)6)24-33(49)25-56(48)35-15-13-34(14-16-35)54-19-20-59-27-30(54)3/h1,9,12,17,21,23,30,32-36,57H,2,10-11,13-16,18-20,22,24-29H2,3-7H3/t30-,32+,33+,34?,35?,36-,48-/m0/s1. The van der Waals surface area contributed by atoms with Crippen LogP contribution >= 0.6 is 0 Å². The molecule has 5 atom stereocenters. The summed E-state index contributed by atoms with van der Waals surface area (Å²) >= 11 is 0. The van der Waals surface area contributed by atoms with E-state index in [0.29, 0.717) is 78.2 Å². The van der Waals surface area contributed by atoms with Gasteiger partial charge in [-0.3, -0.25) is 14.6 Å². The molecule has 13 heteroatoms. The molecule has 1 aromatic heterocycles. The number of terminal acetylenes is 1. The van der Waals surface area contributed by atoms with Crippen molar-refractivity contribution in [1.29, 1.82) is 0 Å². The Balaban J connectivity index is 1.11. The number of alkyl halides is 1. The lowest BCUT2D eigenvalue weighted by atomic mass is 9.71. The average Bonchev–Trinajstić information content (AvgIpc) is 3.86. The minimum Gasteiger partial charge on any atom is -0.508 e. The number of carbonyl (C=O) groups is 1. The monoisotopic (exact) mass is 840 g/mol. The summed E-state index contributed by atoms with van der Waals surface area (Å²) in [6.07, 6.45) is 12.8. The van der Waals surface area contributed by atoms with Crippen molar-refractivity contribution >= 4 is 22.5 Å². The van der Waals surface area contributed by atoms with Crippen molar-refractivity contribution in [2.75, 3.05) is 64.6 Å². The molecule has 5 aliphatic rings. The number of hydrogen-bond donors (Lipinski definition) is 1. The van der Waals surface area contributed by atoms with Gasteiger partial charge in [0.15, 0.2) is 11.6 Å². The molecule has 328 valence electrons. The van der Waals surface area contributed by atoms with Crippen LogP contribution in [0.4, 0.5) is 14.6 Å². The zero-order chi connectivity index (χ0) is 43.2. The number of hydrogen-bond acceptors (Lipinski definition) is 10. The SMILES string of the molecule is C#Cc1c(F)ccc2cc(O)cc([C@H]3COc4c(nc(OC[C@]5(C(C)(C)C)C[C@@H](F)CN5C5CCC(N6CCOC[C@@H]6C)CC5)nc4N(C)C[C@@H]4CCCN4C(=O)C=C)C3)c12. The van der Waals surface area contributed by atoms with E-state index in [4.69, 9.17) is 30.6 Å². The van der Waals surface area contributed by atoms with Crippen molar-refractivity contribution in [2.24, 2.45) is 5.41 Å². The van der Waals surface area contributed by atoms with Crippen LogP contribution in [0.1, 0.15) is 95.4 Å². The predicted octanol–water partition coefficient (Wildman–Crippen LogP) is 7.03. The highest BCUT2D eigenvalue weighted by atomic mass is 19.1. The van der Waals surface area contributed by atoms with E-state index in [1.165, 1.54) is 12.1 Å². The van der Waals surface area contributed by atoms with Crippen LogP contribution in [0.2, 0.25) is 0 Å². The third-order valence-electron chi connectivity index (χ3n) is 14.4. The molecule has 5 heterocycles. The molecule has 0 bridgehead atoms. The lowest BCUT2D eigenvalue weighted by molar-refractivity contribution is -0.126. The molecule has 4 aliphatic heterocycles. The Morgan fingerprint density at radius 1 is 1.15 bits per heavy atom. The van der Waals surface area contributed by atoms with E-state index in [1.54, 1.807) is 18.2 Å². The van der Waals surface area contributed by atoms with Crippen molar-refractivity contribution in [1.82, 2.24) is 24.7 Å². The molecule has 1 saturated carbocycles. The first-order valence-corrected chi connectivity index (χ1v) is 22.2. The molecule has 4 fully saturated rings. The highest BCUT2D eigenvalue weighted by molar-refractivity contribution is 5.93. The maximum atomic E-state index is 16.0. The summed E-state index contributed by atoms with van der Waals surface area (Å²) in [5.74, 6) is 2.63. The van der Waals surface area contributed by atoms with Gasteiger partial charge < -0.3 is 29.1 Å². The van der Waals surface area contributed by atoms with Gasteiger partial charge >= 0.3 is 6.01 Å². The van der Waals surface area contributed by atoms with Gasteiger partial charge in [-0.25, -0.2) is 8.78 Å². The van der Waals surface area contributed by atoms with Crippen LogP contribution in [0.5, 0.6) is 17.5 Å². The van der Waals surface area contributed by atoms with Gasteiger partial charge in [0, 0.05) is 81.5 Å². The van der Waals surface area contributed by atoms with Gasteiger partial charge in [0.25, 0.3) is 0 Å². The molecule has 1 N–H and O–H groups in total. The van der Waals surface area contributed by atoms with Gasteiger partial charge in [-0.05, 0) is 86.1 Å². The van der Waals surface area contributed by atoms with Crippen LogP contribution in [0.3, 0.4) is 0 Å². The first kappa shape index (κ1) is 43.2. The Kier molecular flexibility index (Phi) is 12.3. The number of fused-ring (bicyclic) bond motifs is 2. The van der Waals surface area contributed by atoms with Gasteiger partial charge in [-0.2, -0.15) is 9.97 Å². The number of likely N-dealkylation sites (N-methyl/N-ethyl adjacent to an activating group) is 1. The van der Waals surface area contributed by atoms with Gasteiger partial charge in [0.2, 0.25) is 5.91 Å². The number of halogens is 2. The molecule has 0 spiro atoms. The number of likely N-dealkylation sites (tertiary alicyclic amines) is 2. The number of morpholine rings is 1. The van der Waals surface area contributed by atoms with Crippen LogP contribution < -0.4 is 14.4 Å². The molecular formula is C48H62F2N6O5. The Bertz CT molecular complexity index is 2170. The van der Waals surface area contributed by atoms with E-state index in [1.807, 2.05) is 16.8 Å². The Labute approximate surface area is 359 Å². The van der Waals surface area contributed by atoms with Crippen LogP contribution in [0, 0.1) is 23.6 Å². The van der Waals surface area contributed by atoms with Crippen LogP contribution in [0.25, 0.3) is 10.8 Å². The fraction of sp³-hybridized carbons (Fsp3) is 0.604. The molecule has 3 aromatic rings. The third-order valence-corrected chi connectivity index (χ3v) is 14.4. The molecule has 0 unspecified atom stereocenters. The number of phenolic OH excluding ortho intramolecular Hbond substituents is 1. The molecular weight excluding hydrogens is 779 g/mol. The Morgan fingerprint density at radius 2 is 1.92 bits per heavy atom.